The molecule has 0 bridgehead atoms. The minimum absolute atomic E-state index is 0.109. The first kappa shape index (κ1) is 14.4. The molecule has 1 aromatic carbocycles. The monoisotopic (exact) mass is 274 g/mol. The first-order valence-electron chi connectivity index (χ1n) is 7.17. The maximum Gasteiger partial charge on any atom is 0.315 e. The largest absolute Gasteiger partial charge is 0.342 e. The van der Waals surface area contributed by atoms with E-state index in [4.69, 9.17) is 0 Å². The van der Waals surface area contributed by atoms with Crippen LogP contribution < -0.4 is 10.6 Å². The minimum Gasteiger partial charge on any atom is -0.342 e. The van der Waals surface area contributed by atoms with Gasteiger partial charge in [-0.3, -0.25) is 0 Å². The highest BCUT2D eigenvalue weighted by molar-refractivity contribution is 5.75. The van der Waals surface area contributed by atoms with Gasteiger partial charge in [0.2, 0.25) is 0 Å². The van der Waals surface area contributed by atoms with Crippen LogP contribution in [0.5, 0.6) is 0 Å². The van der Waals surface area contributed by atoms with Gasteiger partial charge in [-0.1, -0.05) is 25.5 Å². The Bertz CT molecular complexity index is 531. The van der Waals surface area contributed by atoms with Crippen molar-refractivity contribution in [3.05, 3.63) is 30.1 Å². The van der Waals surface area contributed by atoms with E-state index in [9.17, 15) is 4.79 Å². The third kappa shape index (κ3) is 3.98. The van der Waals surface area contributed by atoms with Crippen LogP contribution in [0.1, 0.15) is 32.5 Å². The summed E-state index contributed by atoms with van der Waals surface area (Å²) in [6.07, 6.45) is 2.77. The van der Waals surface area contributed by atoms with Crippen molar-refractivity contribution >= 4 is 17.1 Å². The zero-order chi connectivity index (χ0) is 14.4. The van der Waals surface area contributed by atoms with Gasteiger partial charge < -0.3 is 15.6 Å². The van der Waals surface area contributed by atoms with Crippen molar-refractivity contribution in [2.24, 2.45) is 0 Å². The van der Waals surface area contributed by atoms with E-state index in [0.29, 0.717) is 13.0 Å². The molecule has 2 aromatic rings. The molecule has 2 amide bonds. The fourth-order valence-electron chi connectivity index (χ4n) is 2.20. The zero-order valence-corrected chi connectivity index (χ0v) is 12.1. The molecular weight excluding hydrogens is 252 g/mol. The zero-order valence-electron chi connectivity index (χ0n) is 12.1. The number of carbonyl (C=O) groups is 1. The number of carbonyl (C=O) groups excluding carboxylic acids is 1. The van der Waals surface area contributed by atoms with E-state index in [1.54, 1.807) is 0 Å². The van der Waals surface area contributed by atoms with Gasteiger partial charge in [0.15, 0.2) is 0 Å². The SMILES string of the molecule is CCCC(C)NC(=O)NCCc1nc2ccccc2[nH]1. The Labute approximate surface area is 119 Å². The van der Waals surface area contributed by atoms with E-state index in [1.807, 2.05) is 31.2 Å². The number of urea groups is 1. The summed E-state index contributed by atoms with van der Waals surface area (Å²) in [6, 6.07) is 8.02. The van der Waals surface area contributed by atoms with Gasteiger partial charge in [-0.25, -0.2) is 9.78 Å². The number of aromatic nitrogens is 2. The normalized spacial score (nSPS) is 12.3. The summed E-state index contributed by atoms with van der Waals surface area (Å²) in [5, 5.41) is 5.77. The Morgan fingerprint density at radius 2 is 2.20 bits per heavy atom. The summed E-state index contributed by atoms with van der Waals surface area (Å²) < 4.78 is 0. The van der Waals surface area contributed by atoms with E-state index < -0.39 is 0 Å². The van der Waals surface area contributed by atoms with Crippen molar-refractivity contribution in [1.82, 2.24) is 20.6 Å². The molecule has 5 nitrogen and oxygen atoms in total. The summed E-state index contributed by atoms with van der Waals surface area (Å²) >= 11 is 0. The lowest BCUT2D eigenvalue weighted by molar-refractivity contribution is 0.237. The Balaban J connectivity index is 1.76. The number of hydrogen-bond acceptors (Lipinski definition) is 2. The molecule has 2 rings (SSSR count). The summed E-state index contributed by atoms with van der Waals surface area (Å²) in [5.74, 6) is 0.896. The molecule has 5 heteroatoms. The molecule has 0 spiro atoms. The van der Waals surface area contributed by atoms with Gasteiger partial charge >= 0.3 is 6.03 Å². The third-order valence-corrected chi connectivity index (χ3v) is 3.18. The summed E-state index contributed by atoms with van der Waals surface area (Å²) in [6.45, 7) is 4.70. The van der Waals surface area contributed by atoms with Gasteiger partial charge in [0.1, 0.15) is 5.82 Å². The number of nitrogens with zero attached hydrogens (tertiary/aromatic N) is 1. The number of rotatable bonds is 6. The van der Waals surface area contributed by atoms with Crippen LogP contribution in [-0.4, -0.2) is 28.6 Å². The van der Waals surface area contributed by atoms with Crippen LogP contribution in [0.2, 0.25) is 0 Å². The predicted octanol–water partition coefficient (Wildman–Crippen LogP) is 2.59. The molecule has 0 aliphatic heterocycles. The minimum atomic E-state index is -0.109. The summed E-state index contributed by atoms with van der Waals surface area (Å²) in [7, 11) is 0. The average molecular weight is 274 g/mol. The van der Waals surface area contributed by atoms with E-state index in [0.717, 1.165) is 29.7 Å². The lowest BCUT2D eigenvalue weighted by atomic mass is 10.2. The first-order chi connectivity index (χ1) is 9.69. The van der Waals surface area contributed by atoms with Gasteiger partial charge in [-0.15, -0.1) is 0 Å². The van der Waals surface area contributed by atoms with Crippen LogP contribution in [0.4, 0.5) is 4.79 Å². The molecule has 0 aliphatic carbocycles. The smallest absolute Gasteiger partial charge is 0.315 e. The number of amides is 2. The maximum atomic E-state index is 11.6. The molecule has 0 radical (unpaired) electrons. The van der Waals surface area contributed by atoms with Crippen LogP contribution in [0.3, 0.4) is 0 Å². The number of para-hydroxylation sites is 2. The molecular formula is C15H22N4O. The van der Waals surface area contributed by atoms with Crippen LogP contribution in [0.15, 0.2) is 24.3 Å². The molecule has 1 heterocycles. The summed E-state index contributed by atoms with van der Waals surface area (Å²) in [5.41, 5.74) is 1.99. The molecule has 0 saturated carbocycles. The van der Waals surface area contributed by atoms with Crippen molar-refractivity contribution < 1.29 is 4.79 Å². The highest BCUT2D eigenvalue weighted by Gasteiger charge is 2.06. The van der Waals surface area contributed by atoms with Crippen molar-refractivity contribution in [2.45, 2.75) is 39.2 Å². The van der Waals surface area contributed by atoms with E-state index in [1.165, 1.54) is 0 Å². The lowest BCUT2D eigenvalue weighted by Crippen LogP contribution is -2.41. The van der Waals surface area contributed by atoms with Crippen molar-refractivity contribution in [1.29, 1.82) is 0 Å². The first-order valence-corrected chi connectivity index (χ1v) is 7.17. The van der Waals surface area contributed by atoms with E-state index in [2.05, 4.69) is 27.5 Å². The summed E-state index contributed by atoms with van der Waals surface area (Å²) in [4.78, 5) is 19.4. The molecule has 1 aromatic heterocycles. The Hall–Kier alpha value is -2.04. The quantitative estimate of drug-likeness (QED) is 0.757. The number of imidazole rings is 1. The van der Waals surface area contributed by atoms with E-state index in [-0.39, 0.29) is 12.1 Å². The second-order valence-corrected chi connectivity index (χ2v) is 5.04. The third-order valence-electron chi connectivity index (χ3n) is 3.18. The highest BCUT2D eigenvalue weighted by Crippen LogP contribution is 2.10. The Morgan fingerprint density at radius 1 is 1.40 bits per heavy atom. The van der Waals surface area contributed by atoms with Crippen LogP contribution in [0, 0.1) is 0 Å². The van der Waals surface area contributed by atoms with Crippen LogP contribution in [0.25, 0.3) is 11.0 Å². The molecule has 0 fully saturated rings. The number of H-pyrrole nitrogens is 1. The van der Waals surface area contributed by atoms with E-state index >= 15 is 0 Å². The number of benzene rings is 1. The fraction of sp³-hybridized carbons (Fsp3) is 0.467. The van der Waals surface area contributed by atoms with Gasteiger partial charge in [-0.2, -0.15) is 0 Å². The van der Waals surface area contributed by atoms with Gasteiger partial charge in [0.05, 0.1) is 11.0 Å². The Morgan fingerprint density at radius 3 is 2.95 bits per heavy atom. The second kappa shape index (κ2) is 6.93. The number of aromatic amines is 1. The van der Waals surface area contributed by atoms with Gasteiger partial charge in [-0.05, 0) is 25.5 Å². The molecule has 1 atom stereocenters. The molecule has 0 aliphatic rings. The lowest BCUT2D eigenvalue weighted by Gasteiger charge is -2.13. The standard InChI is InChI=1S/C15H22N4O/c1-3-6-11(2)17-15(20)16-10-9-14-18-12-7-4-5-8-13(12)19-14/h4-5,7-8,11H,3,6,9-10H2,1-2H3,(H,18,19)(H2,16,17,20). The number of hydrogen-bond donors (Lipinski definition) is 3. The average Bonchev–Trinajstić information content (AvgIpc) is 2.81. The van der Waals surface area contributed by atoms with Crippen LogP contribution in [-0.2, 0) is 6.42 Å². The molecule has 20 heavy (non-hydrogen) atoms. The van der Waals surface area contributed by atoms with Crippen molar-refractivity contribution in [3.8, 4) is 0 Å². The van der Waals surface area contributed by atoms with Gasteiger partial charge in [0.25, 0.3) is 0 Å². The second-order valence-electron chi connectivity index (χ2n) is 5.04. The number of fused-ring (bicyclic) bond motifs is 1. The predicted molar refractivity (Wildman–Crippen MR) is 80.7 cm³/mol. The number of nitrogens with one attached hydrogen (secondary N) is 3. The topological polar surface area (TPSA) is 69.8 Å². The van der Waals surface area contributed by atoms with Crippen LogP contribution >= 0.6 is 0 Å². The van der Waals surface area contributed by atoms with Gasteiger partial charge in [0, 0.05) is 19.0 Å². The molecule has 0 saturated heterocycles. The molecule has 1 unspecified atom stereocenters. The highest BCUT2D eigenvalue weighted by atomic mass is 16.2. The van der Waals surface area contributed by atoms with Crippen molar-refractivity contribution in [2.75, 3.05) is 6.54 Å². The molecule has 108 valence electrons. The maximum absolute atomic E-state index is 11.6. The molecule has 3 N–H and O–H groups in total. The Kier molecular flexibility index (Phi) is 4.98. The fourth-order valence-corrected chi connectivity index (χ4v) is 2.20. The van der Waals surface area contributed by atoms with Crippen molar-refractivity contribution in [3.63, 3.8) is 0 Å².